The second-order valence-corrected chi connectivity index (χ2v) is 46.0. The van der Waals surface area contributed by atoms with Crippen molar-refractivity contribution < 1.29 is 95.9 Å². The second-order valence-electron chi connectivity index (χ2n) is 31.5. The van der Waals surface area contributed by atoms with Gasteiger partial charge >= 0.3 is 24.1 Å². The van der Waals surface area contributed by atoms with Gasteiger partial charge in [-0.3, -0.25) is 43.3 Å². The SMILES string of the molecule is CN1CCN=C1c1ccc2c(c1)CC(=O)N(c1ccc(NC(=O)NS(=O)(=O)c3ccc(Cl)s3)cc1)C2=O.O=C(Nc1ccc(N2C(=O)Cc3c(ccc4c3CCN4)C2=O)cc1)NS(=O)(=O)c1ccc(Cl)s1.O=C(Nc1ccc(N2C(=O)Cc3cc(C4=NCCO4)ccc3C2=O)cc1)NS(=O)(=O)c1ccc(Cl)s1.O=C(Nc1ccc(N2C(=O)Cc3cc4c(cc3C2=O)CCN4)cc1)NS(=O)(=O)c1ccc(Cl)s1. The fourth-order valence-electron chi connectivity index (χ4n) is 15.9. The lowest BCUT2D eigenvalue weighted by Crippen LogP contribution is -2.42. The van der Waals surface area contributed by atoms with Crippen molar-refractivity contribution in [2.75, 3.05) is 97.9 Å². The number of likely N-dealkylation sites (N-methyl/N-ethyl adjacent to an activating group) is 1. The van der Waals surface area contributed by atoms with Crippen molar-refractivity contribution in [2.45, 2.75) is 55.4 Å². The molecular formula is C91H71Cl4N17O21S8. The molecular weight excluding hydrogens is 2070 g/mol. The molecule has 722 valence electrons. The normalized spacial score (nSPS) is 15.1. The Kier molecular flexibility index (Phi) is 28.2. The van der Waals surface area contributed by atoms with E-state index in [1.165, 1.54) is 146 Å². The van der Waals surface area contributed by atoms with Gasteiger partial charge in [0.15, 0.2) is 0 Å². The lowest BCUT2D eigenvalue weighted by Gasteiger charge is -2.28. The summed E-state index contributed by atoms with van der Waals surface area (Å²) in [5.74, 6) is -1.86. The van der Waals surface area contributed by atoms with Crippen LogP contribution in [0.5, 0.6) is 0 Å². The minimum absolute atomic E-state index is 0.0230. The van der Waals surface area contributed by atoms with Crippen LogP contribution in [0.25, 0.3) is 0 Å². The van der Waals surface area contributed by atoms with Crippen LogP contribution in [0.3, 0.4) is 0 Å². The molecule has 38 nitrogen and oxygen atoms in total. The maximum atomic E-state index is 13.2. The Hall–Kier alpha value is -14.3. The van der Waals surface area contributed by atoms with E-state index in [1.807, 2.05) is 61.2 Å². The van der Waals surface area contributed by atoms with Gasteiger partial charge in [-0.1, -0.05) is 52.5 Å². The summed E-state index contributed by atoms with van der Waals surface area (Å²) in [4.78, 5) is 168. The van der Waals surface area contributed by atoms with E-state index in [1.54, 1.807) is 30.3 Å². The molecule has 0 saturated heterocycles. The summed E-state index contributed by atoms with van der Waals surface area (Å²) in [6.07, 6.45) is 1.90. The van der Waals surface area contributed by atoms with Gasteiger partial charge in [0.25, 0.3) is 63.7 Å². The summed E-state index contributed by atoms with van der Waals surface area (Å²) in [6.45, 7) is 4.19. The van der Waals surface area contributed by atoms with Crippen LogP contribution >= 0.6 is 91.8 Å². The van der Waals surface area contributed by atoms with Crippen LogP contribution in [0, 0.1) is 0 Å². The van der Waals surface area contributed by atoms with Gasteiger partial charge in [-0.05, 0) is 246 Å². The molecule has 4 aromatic heterocycles. The average molecular weight is 2140 g/mol. The number of sulfonamides is 4. The number of ether oxygens (including phenoxy) is 1. The first-order chi connectivity index (χ1) is 67.3. The standard InChI is InChI=1S/C24H20ClN5O5S2.C23H17ClN4O6S2.2C22H17ClN4O5S2/c1-29-11-10-26-22(29)14-2-7-18-15(12-14)13-20(31)30(23(18)32)17-5-3-16(4-6-17)27-24(33)28-37(34,35)21-9-8-19(25)36-21;24-18-7-8-20(35-18)36(32,33)27-23(31)26-15-2-4-16(5-3-15)28-19(29)12-14-11-13(21-25-9-10-34-21)1-6-17(14)22(28)30;23-18-5-6-20(33-18)34(31,32)26-22(30)25-14-1-3-15(4-2-14)27-19(28)11-13-10-17-12(7-8-24-17)9-16(13)21(27)29;23-18-7-8-20(33-18)34(31,32)26-22(30)25-12-1-3-13(4-2-12)27-19(28)11-16-14-9-10-24-17(14)6-5-15(16)21(27)29/h2-9,12H,10-11,13H2,1H3,(H2,27,28,33);1-8,11H,9-10,12H2,(H2,26,27,31);1-6,9-10,24H,7-8,11H2,(H2,25,26,30);1-8,24H,9-11H2,(H2,25,26,30). The van der Waals surface area contributed by atoms with E-state index >= 15 is 0 Å². The fraction of sp³-hybridized carbons (Fsp3) is 0.143. The molecule has 0 bridgehead atoms. The van der Waals surface area contributed by atoms with E-state index in [-0.39, 0.29) is 100 Å². The molecule has 12 aromatic rings. The molecule has 0 aliphatic carbocycles. The quantitative estimate of drug-likeness (QED) is 0.0357. The number of fused-ring (bicyclic) bond motifs is 7. The minimum atomic E-state index is -4.08. The monoisotopic (exact) mass is 2130 g/mol. The van der Waals surface area contributed by atoms with Crippen molar-refractivity contribution in [1.29, 1.82) is 0 Å². The molecule has 0 saturated carbocycles. The van der Waals surface area contributed by atoms with Gasteiger partial charge in [-0.15, -0.1) is 45.3 Å². The Morgan fingerprint density at radius 2 is 0.702 bits per heavy atom. The van der Waals surface area contributed by atoms with E-state index in [0.29, 0.717) is 87.3 Å². The van der Waals surface area contributed by atoms with Crippen molar-refractivity contribution in [2.24, 2.45) is 9.98 Å². The zero-order chi connectivity index (χ0) is 99.8. The number of imide groups is 4. The maximum absolute atomic E-state index is 13.2. The summed E-state index contributed by atoms with van der Waals surface area (Å²) in [7, 11) is -14.3. The first-order valence-electron chi connectivity index (χ1n) is 42.0. The maximum Gasteiger partial charge on any atom is 0.333 e. The Bertz CT molecular complexity index is 7680. The zero-order valence-electron chi connectivity index (χ0n) is 72.6. The number of benzene rings is 8. The van der Waals surface area contributed by atoms with Gasteiger partial charge in [0.2, 0.25) is 29.5 Å². The number of anilines is 10. The number of urea groups is 4. The number of hydrogen-bond donors (Lipinski definition) is 10. The van der Waals surface area contributed by atoms with Crippen molar-refractivity contribution in [3.63, 3.8) is 0 Å². The summed E-state index contributed by atoms with van der Waals surface area (Å²) in [6, 6.07) is 48.6. The largest absolute Gasteiger partial charge is 0.476 e. The molecule has 0 spiro atoms. The number of aliphatic imine (C=N–C) groups is 2. The highest BCUT2D eigenvalue weighted by atomic mass is 35.5. The van der Waals surface area contributed by atoms with Crippen molar-refractivity contribution >= 4 is 272 Å². The molecule has 10 N–H and O–H groups in total. The predicted molar refractivity (Wildman–Crippen MR) is 534 cm³/mol. The Morgan fingerprint density at radius 3 is 1.07 bits per heavy atom. The van der Waals surface area contributed by atoms with Crippen molar-refractivity contribution in [3.05, 3.63) is 290 Å². The van der Waals surface area contributed by atoms with Crippen LogP contribution in [0.15, 0.2) is 233 Å². The van der Waals surface area contributed by atoms with E-state index in [2.05, 4.69) is 41.9 Å². The Balaban J connectivity index is 0.000000130. The first kappa shape index (κ1) is 98.3. The van der Waals surface area contributed by atoms with E-state index in [0.717, 1.165) is 142 Å². The Labute approximate surface area is 838 Å². The van der Waals surface area contributed by atoms with E-state index < -0.39 is 93.8 Å². The number of amidine groups is 1. The average Bonchev–Trinajstić information content (AvgIpc) is 1.75. The third-order valence-corrected chi connectivity index (χ3v) is 34.5. The van der Waals surface area contributed by atoms with Gasteiger partial charge < -0.3 is 41.5 Å². The zero-order valence-corrected chi connectivity index (χ0v) is 82.2. The van der Waals surface area contributed by atoms with Crippen LogP contribution in [0.1, 0.15) is 85.9 Å². The first-order valence-corrected chi connectivity index (χ1v) is 52.7. The molecule has 0 atom stereocenters. The molecule has 50 heteroatoms. The number of hydrogen-bond acceptors (Lipinski definition) is 30. The highest BCUT2D eigenvalue weighted by Gasteiger charge is 2.40. The molecule has 12 heterocycles. The Morgan fingerprint density at radius 1 is 0.355 bits per heavy atom. The predicted octanol–water partition coefficient (Wildman–Crippen LogP) is 14.0. The third kappa shape index (κ3) is 21.7. The highest BCUT2D eigenvalue weighted by molar-refractivity contribution is 7.93. The van der Waals surface area contributed by atoms with Crippen LogP contribution in [0.2, 0.25) is 17.3 Å². The lowest BCUT2D eigenvalue weighted by atomic mass is 9.91. The summed E-state index contributed by atoms with van der Waals surface area (Å²) in [5, 5.41) is 16.2. The molecule has 8 aromatic carbocycles. The highest BCUT2D eigenvalue weighted by Crippen LogP contribution is 2.39. The number of nitrogens with one attached hydrogen (secondary N) is 10. The molecule has 0 radical (unpaired) electrons. The van der Waals surface area contributed by atoms with Gasteiger partial charge in [0.1, 0.15) is 29.3 Å². The summed E-state index contributed by atoms with van der Waals surface area (Å²) in [5.41, 5.74) is 12.6. The molecule has 8 aliphatic rings. The number of amides is 16. The molecule has 20 rings (SSSR count). The molecule has 8 aliphatic heterocycles. The van der Waals surface area contributed by atoms with Crippen molar-refractivity contribution in [1.82, 2.24) is 23.8 Å². The molecule has 0 unspecified atom stereocenters. The second kappa shape index (κ2) is 40.5. The third-order valence-electron chi connectivity index (χ3n) is 22.3. The van der Waals surface area contributed by atoms with Gasteiger partial charge in [0.05, 0.1) is 78.9 Å². The topological polar surface area (TPSA) is 512 Å². The van der Waals surface area contributed by atoms with E-state index in [4.69, 9.17) is 51.1 Å². The minimum Gasteiger partial charge on any atom is -0.476 e. The molecule has 0 fully saturated rings. The summed E-state index contributed by atoms with van der Waals surface area (Å²) >= 11 is 26.3. The lowest BCUT2D eigenvalue weighted by molar-refractivity contribution is -0.118. The van der Waals surface area contributed by atoms with Crippen molar-refractivity contribution in [3.8, 4) is 0 Å². The van der Waals surface area contributed by atoms with Crippen LogP contribution in [0.4, 0.5) is 76.1 Å². The molecule has 141 heavy (non-hydrogen) atoms. The van der Waals surface area contributed by atoms with Gasteiger partial charge in [0, 0.05) is 94.2 Å². The smallest absolute Gasteiger partial charge is 0.333 e. The van der Waals surface area contributed by atoms with Crippen LogP contribution in [-0.4, -0.2) is 168 Å². The van der Waals surface area contributed by atoms with Gasteiger partial charge in [-0.25, -0.2) is 96.3 Å². The summed E-state index contributed by atoms with van der Waals surface area (Å²) < 4.78 is 112. The number of carbonyl (C=O) groups is 12. The number of halogens is 4. The number of thiophene rings is 4. The number of nitrogens with zero attached hydrogens (tertiary/aromatic N) is 7. The number of carbonyl (C=O) groups excluding carboxylic acids is 12. The number of rotatable bonds is 18. The van der Waals surface area contributed by atoms with Crippen LogP contribution in [-0.2, 0) is 103 Å². The van der Waals surface area contributed by atoms with Gasteiger partial charge in [-0.2, -0.15) is 0 Å². The van der Waals surface area contributed by atoms with E-state index in [9.17, 15) is 91.2 Å². The molecule has 16 amide bonds. The fourth-order valence-corrected chi connectivity index (χ4v) is 25.5. The van der Waals surface area contributed by atoms with Crippen LogP contribution < -0.4 is 70.4 Å².